The fourth-order valence-corrected chi connectivity index (χ4v) is 1.94. The fraction of sp³-hybridized carbons (Fsp3) is 0.400. The van der Waals surface area contributed by atoms with Crippen molar-refractivity contribution < 1.29 is 19.2 Å². The van der Waals surface area contributed by atoms with Crippen LogP contribution in [-0.4, -0.2) is 34.6 Å². The molecule has 8 nitrogen and oxygen atoms in total. The molecule has 1 heterocycles. The summed E-state index contributed by atoms with van der Waals surface area (Å²) in [6.07, 6.45) is 3.50. The molecule has 1 fully saturated rings. The Morgan fingerprint density at radius 2 is 2.39 bits per heavy atom. The van der Waals surface area contributed by atoms with Crippen LogP contribution < -0.4 is 5.43 Å². The summed E-state index contributed by atoms with van der Waals surface area (Å²) >= 11 is 0. The van der Waals surface area contributed by atoms with Crippen LogP contribution in [0.1, 0.15) is 6.92 Å². The summed E-state index contributed by atoms with van der Waals surface area (Å²) in [6.45, 7) is 1.78. The number of hydrogen-bond donors (Lipinski definition) is 1. The van der Waals surface area contributed by atoms with Gasteiger partial charge in [-0.3, -0.25) is 20.3 Å². The number of nitrogens with one attached hydrogen (secondary N) is 1. The third-order valence-electron chi connectivity index (χ3n) is 2.69. The molecule has 1 aliphatic carbocycles. The molecule has 96 valence electrons. The van der Waals surface area contributed by atoms with Gasteiger partial charge in [-0.05, 0) is 19.1 Å². The van der Waals surface area contributed by atoms with Crippen molar-refractivity contribution in [3.05, 3.63) is 34.0 Å². The first-order valence-electron chi connectivity index (χ1n) is 5.35. The van der Waals surface area contributed by atoms with Gasteiger partial charge in [0.15, 0.2) is 5.92 Å². The lowest BCUT2D eigenvalue weighted by atomic mass is 9.92. The molecule has 0 bridgehead atoms. The van der Waals surface area contributed by atoms with Gasteiger partial charge in [-0.2, -0.15) is 5.01 Å². The third-order valence-corrected chi connectivity index (χ3v) is 2.69. The molecule has 1 aliphatic heterocycles. The molecule has 0 saturated carbocycles. The van der Waals surface area contributed by atoms with Gasteiger partial charge in [0.05, 0.1) is 12.3 Å². The lowest BCUT2D eigenvalue weighted by Crippen LogP contribution is -2.38. The van der Waals surface area contributed by atoms with Crippen LogP contribution in [-0.2, 0) is 9.53 Å². The summed E-state index contributed by atoms with van der Waals surface area (Å²) < 4.78 is 4.76. The predicted molar refractivity (Wildman–Crippen MR) is 58.5 cm³/mol. The Morgan fingerprint density at radius 1 is 1.67 bits per heavy atom. The van der Waals surface area contributed by atoms with Crippen molar-refractivity contribution in [2.75, 3.05) is 6.61 Å². The molecule has 1 saturated heterocycles. The molecule has 8 heteroatoms. The van der Waals surface area contributed by atoms with Crippen LogP contribution in [0, 0.1) is 16.0 Å². The van der Waals surface area contributed by atoms with E-state index < -0.39 is 28.9 Å². The summed E-state index contributed by atoms with van der Waals surface area (Å²) in [5.41, 5.74) is 2.51. The molecular formula is C10H11N3O5. The molecule has 2 unspecified atom stereocenters. The summed E-state index contributed by atoms with van der Waals surface area (Å²) in [7, 11) is 0. The Morgan fingerprint density at radius 3 is 3.00 bits per heavy atom. The molecule has 0 spiro atoms. The van der Waals surface area contributed by atoms with Crippen LogP contribution in [0.4, 0.5) is 4.79 Å². The average molecular weight is 253 g/mol. The normalized spacial score (nSPS) is 25.3. The largest absolute Gasteiger partial charge is 0.448 e. The van der Waals surface area contributed by atoms with Crippen molar-refractivity contribution in [2.24, 2.45) is 5.92 Å². The van der Waals surface area contributed by atoms with Gasteiger partial charge in [-0.15, -0.1) is 0 Å². The minimum Gasteiger partial charge on any atom is -0.448 e. The Labute approximate surface area is 102 Å². The Kier molecular flexibility index (Phi) is 3.00. The number of nitrogens with zero attached hydrogens (tertiary/aromatic N) is 2. The molecule has 2 amide bonds. The van der Waals surface area contributed by atoms with E-state index in [1.807, 2.05) is 0 Å². The van der Waals surface area contributed by atoms with Crippen LogP contribution in [0.5, 0.6) is 0 Å². The van der Waals surface area contributed by atoms with Gasteiger partial charge in [-0.25, -0.2) is 4.79 Å². The highest BCUT2D eigenvalue weighted by atomic mass is 16.6. The van der Waals surface area contributed by atoms with E-state index in [1.54, 1.807) is 6.92 Å². The van der Waals surface area contributed by atoms with Crippen LogP contribution in [0.15, 0.2) is 23.9 Å². The first-order chi connectivity index (χ1) is 8.56. The quantitative estimate of drug-likeness (QED) is 0.559. The average Bonchev–Trinajstić information content (AvgIpc) is 2.67. The SMILES string of the molecule is CCOC(=O)N1NC(=O)C2C1=CC=CC2[N+](=O)[O-]. The minimum atomic E-state index is -1.16. The van der Waals surface area contributed by atoms with Crippen molar-refractivity contribution in [1.29, 1.82) is 0 Å². The van der Waals surface area contributed by atoms with Gasteiger partial charge in [0, 0.05) is 4.92 Å². The van der Waals surface area contributed by atoms with Gasteiger partial charge in [0.2, 0.25) is 6.04 Å². The molecule has 0 aromatic heterocycles. The van der Waals surface area contributed by atoms with Crippen LogP contribution in [0.3, 0.4) is 0 Å². The molecule has 2 atom stereocenters. The number of fused-ring (bicyclic) bond motifs is 1. The summed E-state index contributed by atoms with van der Waals surface area (Å²) in [5.74, 6) is -1.57. The number of amides is 2. The van der Waals surface area contributed by atoms with E-state index >= 15 is 0 Å². The molecule has 1 N–H and O–H groups in total. The van der Waals surface area contributed by atoms with Gasteiger partial charge in [-0.1, -0.05) is 6.08 Å². The number of hydrazine groups is 1. The maximum absolute atomic E-state index is 11.7. The van der Waals surface area contributed by atoms with Crippen LogP contribution in [0.25, 0.3) is 0 Å². The Bertz CT molecular complexity index is 470. The van der Waals surface area contributed by atoms with E-state index in [0.29, 0.717) is 0 Å². The van der Waals surface area contributed by atoms with Crippen molar-refractivity contribution in [3.8, 4) is 0 Å². The minimum absolute atomic E-state index is 0.150. The second-order valence-corrected chi connectivity index (χ2v) is 3.74. The van der Waals surface area contributed by atoms with E-state index in [0.717, 1.165) is 5.01 Å². The lowest BCUT2D eigenvalue weighted by Gasteiger charge is -2.19. The summed E-state index contributed by atoms with van der Waals surface area (Å²) in [5, 5.41) is 11.8. The number of rotatable bonds is 2. The first kappa shape index (κ1) is 12.1. The predicted octanol–water partition coefficient (Wildman–Crippen LogP) is 0.205. The number of ether oxygens (including phenoxy) is 1. The highest BCUT2D eigenvalue weighted by molar-refractivity contribution is 5.90. The van der Waals surface area contributed by atoms with Crippen molar-refractivity contribution in [1.82, 2.24) is 10.4 Å². The lowest BCUT2D eigenvalue weighted by molar-refractivity contribution is -0.514. The smallest absolute Gasteiger partial charge is 0.433 e. The molecule has 0 aromatic rings. The van der Waals surface area contributed by atoms with Crippen molar-refractivity contribution in [3.63, 3.8) is 0 Å². The van der Waals surface area contributed by atoms with E-state index in [2.05, 4.69) is 5.43 Å². The van der Waals surface area contributed by atoms with Gasteiger partial charge >= 0.3 is 6.09 Å². The Hall–Kier alpha value is -2.38. The molecule has 0 aromatic carbocycles. The number of hydrogen-bond acceptors (Lipinski definition) is 5. The number of nitro groups is 1. The molecular weight excluding hydrogens is 242 g/mol. The first-order valence-corrected chi connectivity index (χ1v) is 5.35. The van der Waals surface area contributed by atoms with Gasteiger partial charge in [0.25, 0.3) is 5.91 Å². The van der Waals surface area contributed by atoms with E-state index in [1.165, 1.54) is 18.2 Å². The molecule has 18 heavy (non-hydrogen) atoms. The van der Waals surface area contributed by atoms with Gasteiger partial charge in [0.1, 0.15) is 0 Å². The molecule has 0 radical (unpaired) electrons. The van der Waals surface area contributed by atoms with Crippen LogP contribution >= 0.6 is 0 Å². The van der Waals surface area contributed by atoms with E-state index in [-0.39, 0.29) is 12.3 Å². The highest BCUT2D eigenvalue weighted by Crippen LogP contribution is 2.30. The maximum atomic E-state index is 11.7. The topological polar surface area (TPSA) is 102 Å². The standard InChI is InChI=1S/C10H11N3O5/c1-2-18-10(15)12-6-4-3-5-7(13(16)17)8(6)9(14)11-12/h3-5,7-8H,2H2,1H3,(H,11,14). The van der Waals surface area contributed by atoms with E-state index in [4.69, 9.17) is 4.74 Å². The van der Waals surface area contributed by atoms with E-state index in [9.17, 15) is 19.7 Å². The van der Waals surface area contributed by atoms with Gasteiger partial charge < -0.3 is 4.74 Å². The van der Waals surface area contributed by atoms with Crippen molar-refractivity contribution >= 4 is 12.0 Å². The zero-order valence-corrected chi connectivity index (χ0v) is 9.53. The number of carbonyl (C=O) groups excluding carboxylic acids is 2. The zero-order valence-electron chi connectivity index (χ0n) is 9.53. The number of carbonyl (C=O) groups is 2. The molecule has 2 rings (SSSR count). The second kappa shape index (κ2) is 4.47. The highest BCUT2D eigenvalue weighted by Gasteiger charge is 2.49. The summed E-state index contributed by atoms with van der Waals surface area (Å²) in [6, 6.07) is -1.16. The summed E-state index contributed by atoms with van der Waals surface area (Å²) in [4.78, 5) is 33.6. The monoisotopic (exact) mass is 253 g/mol. The second-order valence-electron chi connectivity index (χ2n) is 3.74. The number of allylic oxidation sites excluding steroid dienone is 2. The fourth-order valence-electron chi connectivity index (χ4n) is 1.94. The third kappa shape index (κ3) is 1.81. The van der Waals surface area contributed by atoms with Crippen LogP contribution in [0.2, 0.25) is 0 Å². The molecule has 2 aliphatic rings. The Balaban J connectivity index is 2.29. The maximum Gasteiger partial charge on any atom is 0.433 e. The van der Waals surface area contributed by atoms with Crippen molar-refractivity contribution in [2.45, 2.75) is 13.0 Å². The zero-order chi connectivity index (χ0) is 13.3.